The van der Waals surface area contributed by atoms with Gasteiger partial charge in [-0.25, -0.2) is 0 Å². The zero-order chi connectivity index (χ0) is 14.5. The predicted molar refractivity (Wildman–Crippen MR) is 76.3 cm³/mol. The molecule has 19 heavy (non-hydrogen) atoms. The van der Waals surface area contributed by atoms with Gasteiger partial charge >= 0.3 is 0 Å². The van der Waals surface area contributed by atoms with Crippen molar-refractivity contribution in [3.63, 3.8) is 0 Å². The van der Waals surface area contributed by atoms with Crippen LogP contribution in [-0.2, 0) is 10.1 Å². The molecule has 0 unspecified atom stereocenters. The van der Waals surface area contributed by atoms with Crippen LogP contribution in [0.2, 0.25) is 0 Å². The first-order chi connectivity index (χ1) is 8.87. The summed E-state index contributed by atoms with van der Waals surface area (Å²) in [5, 5.41) is 0. The maximum atomic E-state index is 10.8. The molecule has 0 fully saturated rings. The molecule has 0 atom stereocenters. The van der Waals surface area contributed by atoms with Crippen LogP contribution in [0.3, 0.4) is 0 Å². The molecule has 0 aliphatic carbocycles. The van der Waals surface area contributed by atoms with Crippen LogP contribution in [0.25, 0.3) is 0 Å². The molecule has 0 amide bonds. The van der Waals surface area contributed by atoms with Gasteiger partial charge < -0.3 is 15.4 Å². The summed E-state index contributed by atoms with van der Waals surface area (Å²) in [5.41, 5.74) is 7.13. The highest BCUT2D eigenvalue weighted by molar-refractivity contribution is 7.85. The topological polar surface area (TPSA) is 92.9 Å². The molecule has 0 heterocycles. The standard InChI is InChI=1S/C12H20N2O4S/c1-3-14(7-8-19(15,16)17)10-5-6-11(13)12(9-10)18-4-2/h5-6,9H,3-4,7-8,13H2,1-2H3,(H,15,16,17). The molecular weight excluding hydrogens is 268 g/mol. The maximum absolute atomic E-state index is 10.8. The molecule has 0 saturated heterocycles. The summed E-state index contributed by atoms with van der Waals surface area (Å²) >= 11 is 0. The second-order valence-corrected chi connectivity index (χ2v) is 5.59. The zero-order valence-corrected chi connectivity index (χ0v) is 12.0. The lowest BCUT2D eigenvalue weighted by atomic mass is 10.2. The Kier molecular flexibility index (Phi) is 5.44. The van der Waals surface area contributed by atoms with Gasteiger partial charge in [0.1, 0.15) is 5.75 Å². The summed E-state index contributed by atoms with van der Waals surface area (Å²) in [4.78, 5) is 1.83. The Morgan fingerprint density at radius 2 is 2.05 bits per heavy atom. The lowest BCUT2D eigenvalue weighted by Gasteiger charge is -2.23. The van der Waals surface area contributed by atoms with Gasteiger partial charge in [-0.15, -0.1) is 0 Å². The van der Waals surface area contributed by atoms with Crippen LogP contribution < -0.4 is 15.4 Å². The summed E-state index contributed by atoms with van der Waals surface area (Å²) < 4.78 is 35.8. The van der Waals surface area contributed by atoms with Crippen molar-refractivity contribution in [2.24, 2.45) is 0 Å². The van der Waals surface area contributed by atoms with Crippen molar-refractivity contribution < 1.29 is 17.7 Å². The number of anilines is 2. The molecule has 1 rings (SSSR count). The van der Waals surface area contributed by atoms with Gasteiger partial charge in [-0.1, -0.05) is 0 Å². The first kappa shape index (κ1) is 15.6. The van der Waals surface area contributed by atoms with Crippen molar-refractivity contribution in [2.45, 2.75) is 13.8 Å². The van der Waals surface area contributed by atoms with E-state index in [0.717, 1.165) is 5.69 Å². The number of hydrogen-bond donors (Lipinski definition) is 2. The van der Waals surface area contributed by atoms with Crippen molar-refractivity contribution in [1.29, 1.82) is 0 Å². The molecule has 0 radical (unpaired) electrons. The van der Waals surface area contributed by atoms with Gasteiger partial charge in [0, 0.05) is 24.8 Å². The lowest BCUT2D eigenvalue weighted by Crippen LogP contribution is -2.29. The fraction of sp³-hybridized carbons (Fsp3) is 0.500. The highest BCUT2D eigenvalue weighted by Gasteiger charge is 2.11. The van der Waals surface area contributed by atoms with Gasteiger partial charge in [-0.3, -0.25) is 4.55 Å². The fourth-order valence-electron chi connectivity index (χ4n) is 1.70. The van der Waals surface area contributed by atoms with E-state index in [9.17, 15) is 8.42 Å². The zero-order valence-electron chi connectivity index (χ0n) is 11.2. The van der Waals surface area contributed by atoms with Gasteiger partial charge in [-0.2, -0.15) is 8.42 Å². The fourth-order valence-corrected chi connectivity index (χ4v) is 2.15. The third kappa shape index (κ3) is 4.96. The van der Waals surface area contributed by atoms with E-state index in [1.807, 2.05) is 18.7 Å². The number of hydrogen-bond acceptors (Lipinski definition) is 5. The predicted octanol–water partition coefficient (Wildman–Crippen LogP) is 1.38. The van der Waals surface area contributed by atoms with Gasteiger partial charge in [0.05, 0.1) is 18.0 Å². The number of rotatable bonds is 7. The summed E-state index contributed by atoms with van der Waals surface area (Å²) in [6.45, 7) is 5.10. The van der Waals surface area contributed by atoms with Crippen LogP contribution >= 0.6 is 0 Å². The average molecular weight is 288 g/mol. The number of nitrogen functional groups attached to an aromatic ring is 1. The highest BCUT2D eigenvalue weighted by Crippen LogP contribution is 2.27. The lowest BCUT2D eigenvalue weighted by molar-refractivity contribution is 0.342. The van der Waals surface area contributed by atoms with Gasteiger partial charge in [0.15, 0.2) is 0 Å². The largest absolute Gasteiger partial charge is 0.492 e. The number of ether oxygens (including phenoxy) is 1. The Hall–Kier alpha value is -1.47. The van der Waals surface area contributed by atoms with Gasteiger partial charge in [0.2, 0.25) is 0 Å². The molecule has 6 nitrogen and oxygen atoms in total. The summed E-state index contributed by atoms with van der Waals surface area (Å²) in [6, 6.07) is 5.29. The van der Waals surface area contributed by atoms with E-state index in [2.05, 4.69) is 0 Å². The summed E-state index contributed by atoms with van der Waals surface area (Å²) in [5.74, 6) is 0.264. The minimum atomic E-state index is -3.96. The average Bonchev–Trinajstić information content (AvgIpc) is 2.32. The minimum absolute atomic E-state index is 0.213. The van der Waals surface area contributed by atoms with E-state index in [-0.39, 0.29) is 12.3 Å². The van der Waals surface area contributed by atoms with E-state index in [1.165, 1.54) is 0 Å². The monoisotopic (exact) mass is 288 g/mol. The van der Waals surface area contributed by atoms with Crippen molar-refractivity contribution in [3.8, 4) is 5.75 Å². The third-order valence-electron chi connectivity index (χ3n) is 2.66. The first-order valence-corrected chi connectivity index (χ1v) is 7.70. The Balaban J connectivity index is 2.89. The molecule has 108 valence electrons. The molecular formula is C12H20N2O4S. The second-order valence-electron chi connectivity index (χ2n) is 4.02. The van der Waals surface area contributed by atoms with Crippen LogP contribution in [0.1, 0.15) is 13.8 Å². The Bertz CT molecular complexity index is 516. The van der Waals surface area contributed by atoms with Crippen LogP contribution in [-0.4, -0.2) is 38.4 Å². The first-order valence-electron chi connectivity index (χ1n) is 6.09. The molecule has 0 aromatic heterocycles. The molecule has 0 aliphatic rings. The number of nitrogens with two attached hydrogens (primary N) is 1. The van der Waals surface area contributed by atoms with Crippen LogP contribution in [0.4, 0.5) is 11.4 Å². The smallest absolute Gasteiger partial charge is 0.266 e. The Morgan fingerprint density at radius 3 is 2.58 bits per heavy atom. The van der Waals surface area contributed by atoms with Crippen molar-refractivity contribution >= 4 is 21.5 Å². The molecule has 0 bridgehead atoms. The van der Waals surface area contributed by atoms with Crippen molar-refractivity contribution in [3.05, 3.63) is 18.2 Å². The molecule has 1 aromatic carbocycles. The SMILES string of the molecule is CCOc1cc(N(CC)CCS(=O)(=O)O)ccc1N. The van der Waals surface area contributed by atoms with Crippen LogP contribution in [0, 0.1) is 0 Å². The maximum Gasteiger partial charge on any atom is 0.266 e. The minimum Gasteiger partial charge on any atom is -0.492 e. The molecule has 1 aromatic rings. The molecule has 0 spiro atoms. The van der Waals surface area contributed by atoms with Gasteiger partial charge in [0.25, 0.3) is 10.1 Å². The third-order valence-corrected chi connectivity index (χ3v) is 3.36. The molecule has 7 heteroatoms. The van der Waals surface area contributed by atoms with Crippen molar-refractivity contribution in [2.75, 3.05) is 36.1 Å². The summed E-state index contributed by atoms with van der Waals surface area (Å²) in [7, 11) is -3.96. The van der Waals surface area contributed by atoms with Crippen LogP contribution in [0.15, 0.2) is 18.2 Å². The summed E-state index contributed by atoms with van der Waals surface area (Å²) in [6.07, 6.45) is 0. The molecule has 0 aliphatic heterocycles. The second kappa shape index (κ2) is 6.63. The van der Waals surface area contributed by atoms with E-state index in [1.54, 1.807) is 18.2 Å². The Labute approximate surface area is 113 Å². The van der Waals surface area contributed by atoms with Crippen molar-refractivity contribution in [1.82, 2.24) is 0 Å². The van der Waals surface area contributed by atoms with Gasteiger partial charge in [-0.05, 0) is 26.0 Å². The van der Waals surface area contributed by atoms with E-state index >= 15 is 0 Å². The number of nitrogens with zero attached hydrogens (tertiary/aromatic N) is 1. The Morgan fingerprint density at radius 1 is 1.37 bits per heavy atom. The van der Waals surface area contributed by atoms with Crippen LogP contribution in [0.5, 0.6) is 5.75 Å². The van der Waals surface area contributed by atoms with E-state index in [0.29, 0.717) is 24.6 Å². The quantitative estimate of drug-likeness (QED) is 0.581. The van der Waals surface area contributed by atoms with E-state index < -0.39 is 10.1 Å². The van der Waals surface area contributed by atoms with E-state index in [4.69, 9.17) is 15.0 Å². The molecule has 3 N–H and O–H groups in total. The molecule has 0 saturated carbocycles. The highest BCUT2D eigenvalue weighted by atomic mass is 32.2. The number of benzene rings is 1. The normalized spacial score (nSPS) is 11.3.